The Kier molecular flexibility index (Phi) is 3.81. The van der Waals surface area contributed by atoms with Crippen LogP contribution in [0, 0.1) is 5.92 Å². The number of hydrogen-bond acceptors (Lipinski definition) is 3. The number of fused-ring (bicyclic) bond motifs is 2. The molecule has 3 saturated heterocycles. The molecule has 0 saturated carbocycles. The highest BCUT2D eigenvalue weighted by Gasteiger charge is 2.36. The molecule has 4 unspecified atom stereocenters. The summed E-state index contributed by atoms with van der Waals surface area (Å²) in [7, 11) is 0. The molecule has 3 heterocycles. The van der Waals surface area contributed by atoms with Crippen LogP contribution in [0.5, 0.6) is 0 Å². The Morgan fingerprint density at radius 2 is 1.89 bits per heavy atom. The topological polar surface area (TPSA) is 44.4 Å². The number of amides is 1. The van der Waals surface area contributed by atoms with E-state index in [9.17, 15) is 4.79 Å². The largest absolute Gasteiger partial charge is 0.337 e. The van der Waals surface area contributed by atoms with Crippen LogP contribution in [-0.4, -0.2) is 48.1 Å². The minimum atomic E-state index is 0.333. The van der Waals surface area contributed by atoms with Crippen molar-refractivity contribution in [3.8, 4) is 0 Å². The van der Waals surface area contributed by atoms with Crippen molar-refractivity contribution in [2.45, 2.75) is 70.1 Å². The lowest BCUT2D eigenvalue weighted by Gasteiger charge is -2.40. The fourth-order valence-corrected chi connectivity index (χ4v) is 4.11. The average molecular weight is 265 g/mol. The molecule has 3 fully saturated rings. The molecular weight excluding hydrogens is 238 g/mol. The molecule has 0 aliphatic carbocycles. The van der Waals surface area contributed by atoms with E-state index in [-0.39, 0.29) is 0 Å². The van der Waals surface area contributed by atoms with Crippen LogP contribution < -0.4 is 10.6 Å². The van der Waals surface area contributed by atoms with Crippen molar-refractivity contribution in [1.82, 2.24) is 15.5 Å². The van der Waals surface area contributed by atoms with E-state index in [4.69, 9.17) is 0 Å². The standard InChI is InChI=1S/C15H27N3O/c1-10-11(2)18(6-5-16-10)15(19)9-12-7-13-3-4-14(8-12)17-13/h10-14,16-17H,3-9H2,1-2H3. The van der Waals surface area contributed by atoms with Crippen molar-refractivity contribution in [3.63, 3.8) is 0 Å². The highest BCUT2D eigenvalue weighted by Crippen LogP contribution is 2.33. The second kappa shape index (κ2) is 5.41. The van der Waals surface area contributed by atoms with Crippen LogP contribution in [0.2, 0.25) is 0 Å². The molecule has 4 nitrogen and oxygen atoms in total. The molecule has 0 aromatic rings. The zero-order valence-corrected chi connectivity index (χ0v) is 12.2. The van der Waals surface area contributed by atoms with Crippen molar-refractivity contribution in [3.05, 3.63) is 0 Å². The van der Waals surface area contributed by atoms with E-state index in [1.165, 1.54) is 25.7 Å². The molecule has 3 aliphatic rings. The minimum Gasteiger partial charge on any atom is -0.337 e. The van der Waals surface area contributed by atoms with Gasteiger partial charge in [0.25, 0.3) is 0 Å². The number of carbonyl (C=O) groups is 1. The van der Waals surface area contributed by atoms with E-state index in [0.29, 0.717) is 36.0 Å². The van der Waals surface area contributed by atoms with E-state index in [0.717, 1.165) is 19.5 Å². The first-order chi connectivity index (χ1) is 9.13. The Hall–Kier alpha value is -0.610. The molecule has 0 aromatic heterocycles. The summed E-state index contributed by atoms with van der Waals surface area (Å²) in [6.07, 6.45) is 5.81. The molecule has 108 valence electrons. The van der Waals surface area contributed by atoms with Gasteiger partial charge in [-0.05, 0) is 45.4 Å². The summed E-state index contributed by atoms with van der Waals surface area (Å²) in [6.45, 7) is 6.16. The third-order valence-corrected chi connectivity index (χ3v) is 5.39. The molecule has 0 spiro atoms. The number of piperazine rings is 1. The van der Waals surface area contributed by atoms with E-state index >= 15 is 0 Å². The number of nitrogens with zero attached hydrogens (tertiary/aromatic N) is 1. The molecule has 3 aliphatic heterocycles. The summed E-state index contributed by atoms with van der Waals surface area (Å²) in [5, 5.41) is 7.09. The molecule has 2 bridgehead atoms. The van der Waals surface area contributed by atoms with Crippen LogP contribution in [0.1, 0.15) is 46.0 Å². The van der Waals surface area contributed by atoms with Crippen molar-refractivity contribution in [2.75, 3.05) is 13.1 Å². The van der Waals surface area contributed by atoms with Crippen molar-refractivity contribution in [1.29, 1.82) is 0 Å². The second-order valence-electron chi connectivity index (χ2n) is 6.75. The third-order valence-electron chi connectivity index (χ3n) is 5.39. The normalized spacial score (nSPS) is 42.4. The summed E-state index contributed by atoms with van der Waals surface area (Å²) >= 11 is 0. The van der Waals surface area contributed by atoms with E-state index < -0.39 is 0 Å². The first-order valence-corrected chi connectivity index (χ1v) is 7.92. The fourth-order valence-electron chi connectivity index (χ4n) is 4.11. The number of nitrogens with one attached hydrogen (secondary N) is 2. The molecule has 0 radical (unpaired) electrons. The smallest absolute Gasteiger partial charge is 0.223 e. The van der Waals surface area contributed by atoms with E-state index in [1.54, 1.807) is 0 Å². The van der Waals surface area contributed by atoms with Crippen LogP contribution in [0.3, 0.4) is 0 Å². The van der Waals surface area contributed by atoms with E-state index in [1.807, 2.05) is 0 Å². The summed E-state index contributed by atoms with van der Waals surface area (Å²) in [5.74, 6) is 0.996. The van der Waals surface area contributed by atoms with Gasteiger partial charge < -0.3 is 15.5 Å². The van der Waals surface area contributed by atoms with E-state index in [2.05, 4.69) is 29.4 Å². The monoisotopic (exact) mass is 265 g/mol. The van der Waals surface area contributed by atoms with Gasteiger partial charge in [0, 0.05) is 43.7 Å². The van der Waals surface area contributed by atoms with Gasteiger partial charge in [0.2, 0.25) is 5.91 Å². The SMILES string of the molecule is CC1NCCN(C(=O)CC2CC3CCC(C2)N3)C1C. The molecular formula is C15H27N3O. The van der Waals surface area contributed by atoms with Gasteiger partial charge >= 0.3 is 0 Å². The van der Waals surface area contributed by atoms with Gasteiger partial charge in [-0.1, -0.05) is 0 Å². The van der Waals surface area contributed by atoms with Gasteiger partial charge in [-0.3, -0.25) is 4.79 Å². The lowest BCUT2D eigenvalue weighted by molar-refractivity contribution is -0.136. The first kappa shape index (κ1) is 13.4. The van der Waals surface area contributed by atoms with Crippen LogP contribution in [-0.2, 0) is 4.79 Å². The van der Waals surface area contributed by atoms with Crippen LogP contribution >= 0.6 is 0 Å². The van der Waals surface area contributed by atoms with Gasteiger partial charge in [0.05, 0.1) is 0 Å². The minimum absolute atomic E-state index is 0.333. The summed E-state index contributed by atoms with van der Waals surface area (Å²) in [6, 6.07) is 2.13. The Morgan fingerprint density at radius 3 is 2.58 bits per heavy atom. The molecule has 2 N–H and O–H groups in total. The zero-order valence-electron chi connectivity index (χ0n) is 12.2. The van der Waals surface area contributed by atoms with Gasteiger partial charge in [-0.15, -0.1) is 0 Å². The molecule has 0 aromatic carbocycles. The molecule has 3 rings (SSSR count). The van der Waals surface area contributed by atoms with Gasteiger partial charge in [-0.2, -0.15) is 0 Å². The third kappa shape index (κ3) is 2.79. The molecule has 19 heavy (non-hydrogen) atoms. The maximum atomic E-state index is 12.5. The van der Waals surface area contributed by atoms with Crippen LogP contribution in [0.25, 0.3) is 0 Å². The van der Waals surface area contributed by atoms with Gasteiger partial charge in [-0.25, -0.2) is 0 Å². The highest BCUT2D eigenvalue weighted by molar-refractivity contribution is 5.77. The Balaban J connectivity index is 1.56. The molecule has 4 atom stereocenters. The lowest BCUT2D eigenvalue weighted by atomic mass is 9.89. The van der Waals surface area contributed by atoms with Crippen molar-refractivity contribution in [2.24, 2.45) is 5.92 Å². The van der Waals surface area contributed by atoms with Gasteiger partial charge in [0.15, 0.2) is 0 Å². The summed E-state index contributed by atoms with van der Waals surface area (Å²) in [4.78, 5) is 14.6. The molecule has 4 heteroatoms. The Bertz CT molecular complexity index is 334. The number of carbonyl (C=O) groups excluding carboxylic acids is 1. The second-order valence-corrected chi connectivity index (χ2v) is 6.75. The molecule has 1 amide bonds. The predicted octanol–water partition coefficient (Wildman–Crippen LogP) is 1.12. The van der Waals surface area contributed by atoms with Crippen molar-refractivity contribution >= 4 is 5.91 Å². The quantitative estimate of drug-likeness (QED) is 0.786. The van der Waals surface area contributed by atoms with Crippen molar-refractivity contribution < 1.29 is 4.79 Å². The first-order valence-electron chi connectivity index (χ1n) is 7.92. The fraction of sp³-hybridized carbons (Fsp3) is 0.933. The zero-order chi connectivity index (χ0) is 13.4. The average Bonchev–Trinajstić information content (AvgIpc) is 2.72. The van der Waals surface area contributed by atoms with Crippen LogP contribution in [0.4, 0.5) is 0 Å². The summed E-state index contributed by atoms with van der Waals surface area (Å²) < 4.78 is 0. The Morgan fingerprint density at radius 1 is 1.21 bits per heavy atom. The highest BCUT2D eigenvalue weighted by atomic mass is 16.2. The number of rotatable bonds is 2. The van der Waals surface area contributed by atoms with Crippen LogP contribution in [0.15, 0.2) is 0 Å². The maximum Gasteiger partial charge on any atom is 0.223 e. The van der Waals surface area contributed by atoms with Gasteiger partial charge in [0.1, 0.15) is 0 Å². The number of hydrogen-bond donors (Lipinski definition) is 2. The lowest BCUT2D eigenvalue weighted by Crippen LogP contribution is -2.57. The summed E-state index contributed by atoms with van der Waals surface area (Å²) in [5.41, 5.74) is 0. The predicted molar refractivity (Wildman–Crippen MR) is 75.9 cm³/mol. The number of piperidine rings is 1. The Labute approximate surface area is 116 Å². The maximum absolute atomic E-state index is 12.5.